The predicted molar refractivity (Wildman–Crippen MR) is 120 cm³/mol. The van der Waals surface area contributed by atoms with Gasteiger partial charge in [0.1, 0.15) is 5.75 Å². The molecule has 160 valence electrons. The van der Waals surface area contributed by atoms with Gasteiger partial charge in [0, 0.05) is 5.56 Å². The Morgan fingerprint density at radius 2 is 2.07 bits per heavy atom. The Balaban J connectivity index is 2.01. The first kappa shape index (κ1) is 22.2. The Morgan fingerprint density at radius 3 is 2.73 bits per heavy atom. The van der Waals surface area contributed by atoms with E-state index in [9.17, 15) is 9.59 Å². The molecule has 1 saturated heterocycles. The summed E-state index contributed by atoms with van der Waals surface area (Å²) >= 11 is 1.45. The predicted octanol–water partition coefficient (Wildman–Crippen LogP) is 4.27. The quantitative estimate of drug-likeness (QED) is 0.607. The number of allylic oxidation sites excluding steroid dienone is 1. The normalized spacial score (nSPS) is 21.3. The van der Waals surface area contributed by atoms with Gasteiger partial charge in [-0.1, -0.05) is 62.9 Å². The number of hydrogen-bond acceptors (Lipinski definition) is 6. The Labute approximate surface area is 182 Å². The van der Waals surface area contributed by atoms with Gasteiger partial charge in [-0.3, -0.25) is 9.69 Å². The maximum atomic E-state index is 13.0. The molecular weight excluding hydrogens is 400 g/mol. The maximum absolute atomic E-state index is 13.0. The van der Waals surface area contributed by atoms with Crippen LogP contribution in [0.5, 0.6) is 5.75 Å². The lowest BCUT2D eigenvalue weighted by Gasteiger charge is -2.31. The summed E-state index contributed by atoms with van der Waals surface area (Å²) in [5.74, 6) is 0.471. The molecule has 0 aliphatic carbocycles. The Morgan fingerprint density at radius 1 is 1.33 bits per heavy atom. The van der Waals surface area contributed by atoms with Crippen molar-refractivity contribution in [2.75, 3.05) is 13.7 Å². The minimum Gasteiger partial charge on any atom is -0.496 e. The van der Waals surface area contributed by atoms with Crippen molar-refractivity contribution >= 4 is 34.9 Å². The highest BCUT2D eigenvalue weighted by Crippen LogP contribution is 2.38. The lowest BCUT2D eigenvalue weighted by molar-refractivity contribution is -0.140. The molecule has 3 rings (SSSR count). The van der Waals surface area contributed by atoms with Gasteiger partial charge in [-0.25, -0.2) is 9.79 Å². The number of ether oxygens (including phenoxy) is 2. The van der Waals surface area contributed by atoms with Gasteiger partial charge in [-0.05, 0) is 25.3 Å². The summed E-state index contributed by atoms with van der Waals surface area (Å²) in [6, 6.07) is 7.04. The third kappa shape index (κ3) is 4.46. The number of fused-ring (bicyclic) bond motifs is 1. The number of thioether (sulfide) groups is 1. The number of aliphatic imine (C=N–C) groups is 1. The summed E-state index contributed by atoms with van der Waals surface area (Å²) in [6.45, 7) is 8.06. The molecule has 2 aliphatic heterocycles. The van der Waals surface area contributed by atoms with Gasteiger partial charge in [0.15, 0.2) is 5.17 Å². The number of amidine groups is 1. The van der Waals surface area contributed by atoms with E-state index < -0.39 is 12.0 Å². The van der Waals surface area contributed by atoms with Gasteiger partial charge < -0.3 is 9.47 Å². The lowest BCUT2D eigenvalue weighted by atomic mass is 10.00. The number of amides is 1. The van der Waals surface area contributed by atoms with Crippen molar-refractivity contribution in [3.63, 3.8) is 0 Å². The second-order valence-electron chi connectivity index (χ2n) is 7.65. The molecule has 0 aromatic heterocycles. The molecule has 0 bridgehead atoms. The van der Waals surface area contributed by atoms with Gasteiger partial charge in [-0.2, -0.15) is 0 Å². The minimum atomic E-state index is -0.571. The van der Waals surface area contributed by atoms with Crippen molar-refractivity contribution in [1.29, 1.82) is 0 Å². The Hall–Kier alpha value is -2.54. The highest BCUT2D eigenvalue weighted by molar-refractivity contribution is 8.15. The molecule has 1 aromatic rings. The first-order valence-corrected chi connectivity index (χ1v) is 11.0. The van der Waals surface area contributed by atoms with Crippen LogP contribution in [0.1, 0.15) is 39.7 Å². The van der Waals surface area contributed by atoms with Crippen LogP contribution in [0.3, 0.4) is 0 Å². The highest BCUT2D eigenvalue weighted by atomic mass is 32.2. The third-order valence-corrected chi connectivity index (χ3v) is 6.25. The molecule has 0 spiro atoms. The number of methoxy groups -OCH3 is 1. The first-order valence-electron chi connectivity index (χ1n) is 10.1. The number of esters is 1. The van der Waals surface area contributed by atoms with Crippen molar-refractivity contribution in [3.8, 4) is 5.75 Å². The van der Waals surface area contributed by atoms with Gasteiger partial charge in [-0.15, -0.1) is 0 Å². The number of benzene rings is 1. The van der Waals surface area contributed by atoms with E-state index in [0.29, 0.717) is 29.5 Å². The third-order valence-electron chi connectivity index (χ3n) is 4.93. The number of nitrogens with zero attached hydrogens (tertiary/aromatic N) is 2. The number of carbonyl (C=O) groups is 2. The smallest absolute Gasteiger partial charge is 0.338 e. The standard InChI is InChI=1S/C23H28N2O4S/c1-6-19-21(26)25-17(12-11-16-9-7-8-10-18(16)28-5)20(15(4)24-23(25)30-19)22(27)29-13-14(2)3/h7-12,14,17,19H,6,13H2,1-5H3/b12-11+/t17-,19-/m0/s1. The molecule has 1 aromatic carbocycles. The average molecular weight is 429 g/mol. The van der Waals surface area contributed by atoms with Crippen LogP contribution in [0.15, 0.2) is 46.6 Å². The molecule has 7 heteroatoms. The summed E-state index contributed by atoms with van der Waals surface area (Å²) in [5, 5.41) is 0.448. The molecule has 2 atom stereocenters. The van der Waals surface area contributed by atoms with E-state index in [1.165, 1.54) is 11.8 Å². The van der Waals surface area contributed by atoms with Crippen LogP contribution in [-0.2, 0) is 14.3 Å². The number of hydrogen-bond donors (Lipinski definition) is 0. The van der Waals surface area contributed by atoms with Crippen LogP contribution in [-0.4, -0.2) is 47.0 Å². The first-order chi connectivity index (χ1) is 14.4. The molecule has 2 aliphatic rings. The molecular formula is C23H28N2O4S. The SMILES string of the molecule is CC[C@@H]1SC2=NC(C)=C(C(=O)OCC(C)C)[C@H](/C=C/c3ccccc3OC)N2C1=O. The van der Waals surface area contributed by atoms with E-state index in [1.807, 2.05) is 57.2 Å². The van der Waals surface area contributed by atoms with Crippen molar-refractivity contribution in [2.24, 2.45) is 10.9 Å². The summed E-state index contributed by atoms with van der Waals surface area (Å²) in [7, 11) is 1.61. The van der Waals surface area contributed by atoms with Gasteiger partial charge in [0.2, 0.25) is 5.91 Å². The van der Waals surface area contributed by atoms with E-state index in [-0.39, 0.29) is 17.1 Å². The zero-order valence-corrected chi connectivity index (χ0v) is 18.9. The summed E-state index contributed by atoms with van der Waals surface area (Å²) < 4.78 is 10.9. The fraction of sp³-hybridized carbons (Fsp3) is 0.435. The fourth-order valence-electron chi connectivity index (χ4n) is 3.39. The van der Waals surface area contributed by atoms with Gasteiger partial charge in [0.25, 0.3) is 0 Å². The van der Waals surface area contributed by atoms with Crippen LogP contribution in [0.4, 0.5) is 0 Å². The van der Waals surface area contributed by atoms with Crippen LogP contribution >= 0.6 is 11.8 Å². The molecule has 0 unspecified atom stereocenters. The number of para-hydroxylation sites is 1. The molecule has 2 heterocycles. The lowest BCUT2D eigenvalue weighted by Crippen LogP contribution is -2.45. The summed E-state index contributed by atoms with van der Waals surface area (Å²) in [5.41, 5.74) is 1.85. The van der Waals surface area contributed by atoms with E-state index in [0.717, 1.165) is 11.3 Å². The summed E-state index contributed by atoms with van der Waals surface area (Å²) in [6.07, 6.45) is 4.44. The Kier molecular flexibility index (Phi) is 7.02. The van der Waals surface area contributed by atoms with Crippen LogP contribution in [0.25, 0.3) is 6.08 Å². The molecule has 6 nitrogen and oxygen atoms in total. The maximum Gasteiger partial charge on any atom is 0.338 e. The molecule has 1 amide bonds. The highest BCUT2D eigenvalue weighted by Gasteiger charge is 2.45. The van der Waals surface area contributed by atoms with E-state index in [2.05, 4.69) is 4.99 Å². The second kappa shape index (κ2) is 9.51. The van der Waals surface area contributed by atoms with E-state index in [1.54, 1.807) is 18.9 Å². The molecule has 30 heavy (non-hydrogen) atoms. The monoisotopic (exact) mass is 428 g/mol. The van der Waals surface area contributed by atoms with Gasteiger partial charge >= 0.3 is 5.97 Å². The van der Waals surface area contributed by atoms with Crippen molar-refractivity contribution in [2.45, 2.75) is 45.4 Å². The molecule has 0 radical (unpaired) electrons. The number of rotatable bonds is 7. The minimum absolute atomic E-state index is 0.0300. The zero-order chi connectivity index (χ0) is 21.8. The fourth-order valence-corrected chi connectivity index (χ4v) is 4.54. The van der Waals surface area contributed by atoms with Gasteiger partial charge in [0.05, 0.1) is 36.3 Å². The van der Waals surface area contributed by atoms with E-state index >= 15 is 0 Å². The summed E-state index contributed by atoms with van der Waals surface area (Å²) in [4.78, 5) is 32.2. The van der Waals surface area contributed by atoms with Crippen LogP contribution < -0.4 is 4.74 Å². The average Bonchev–Trinajstić information content (AvgIpc) is 3.05. The largest absolute Gasteiger partial charge is 0.496 e. The molecule has 0 saturated carbocycles. The van der Waals surface area contributed by atoms with Crippen LogP contribution in [0.2, 0.25) is 0 Å². The van der Waals surface area contributed by atoms with E-state index in [4.69, 9.17) is 9.47 Å². The van der Waals surface area contributed by atoms with Crippen molar-refractivity contribution in [1.82, 2.24) is 4.90 Å². The second-order valence-corrected chi connectivity index (χ2v) is 8.82. The molecule has 0 N–H and O–H groups in total. The number of carbonyl (C=O) groups excluding carboxylic acids is 2. The van der Waals surface area contributed by atoms with Crippen molar-refractivity contribution < 1.29 is 19.1 Å². The van der Waals surface area contributed by atoms with Crippen molar-refractivity contribution in [3.05, 3.63) is 47.2 Å². The van der Waals surface area contributed by atoms with Crippen LogP contribution in [0, 0.1) is 5.92 Å². The zero-order valence-electron chi connectivity index (χ0n) is 18.0. The Bertz CT molecular complexity index is 920. The topological polar surface area (TPSA) is 68.2 Å². The molecule has 1 fully saturated rings.